The summed E-state index contributed by atoms with van der Waals surface area (Å²) in [6, 6.07) is 9.96. The zero-order chi connectivity index (χ0) is 20.5. The molecule has 1 aliphatic heterocycles. The lowest BCUT2D eigenvalue weighted by molar-refractivity contribution is 0.00247. The number of aromatic nitrogens is 2. The first-order valence-electron chi connectivity index (χ1n) is 10.6. The second-order valence-corrected chi connectivity index (χ2v) is 7.53. The largest absolute Gasteiger partial charge is 0.379 e. The van der Waals surface area contributed by atoms with Crippen molar-refractivity contribution in [2.75, 3.05) is 38.2 Å². The van der Waals surface area contributed by atoms with Crippen LogP contribution in [0.2, 0.25) is 0 Å². The van der Waals surface area contributed by atoms with E-state index in [0.717, 1.165) is 50.4 Å². The Kier molecular flexibility index (Phi) is 8.07. The second kappa shape index (κ2) is 11.0. The standard InChI is InChI=1S/C22H33N5O2/c1-3-19(4-2)21(26-11-13-29-14-12-26)16-23-22(28)25-20-8-5-7-18(15-20)17-27-10-6-9-24-27/h5-10,15,19,21H,3-4,11-14,16-17H2,1-2H3,(H2,23,25,28). The van der Waals surface area contributed by atoms with E-state index >= 15 is 0 Å². The van der Waals surface area contributed by atoms with Gasteiger partial charge in [-0.25, -0.2) is 4.79 Å². The van der Waals surface area contributed by atoms with Crippen LogP contribution >= 0.6 is 0 Å². The average molecular weight is 400 g/mol. The lowest BCUT2D eigenvalue weighted by atomic mass is 9.92. The minimum absolute atomic E-state index is 0.162. The molecule has 7 heteroatoms. The minimum atomic E-state index is -0.162. The van der Waals surface area contributed by atoms with Crippen LogP contribution in [0.3, 0.4) is 0 Å². The van der Waals surface area contributed by atoms with E-state index in [1.54, 1.807) is 6.20 Å². The fraction of sp³-hybridized carbons (Fsp3) is 0.545. The van der Waals surface area contributed by atoms with Crippen molar-refractivity contribution >= 4 is 11.7 Å². The molecular formula is C22H33N5O2. The molecule has 7 nitrogen and oxygen atoms in total. The van der Waals surface area contributed by atoms with Crippen LogP contribution in [0, 0.1) is 5.92 Å². The third-order valence-electron chi connectivity index (χ3n) is 5.67. The van der Waals surface area contributed by atoms with Crippen LogP contribution in [0.15, 0.2) is 42.7 Å². The van der Waals surface area contributed by atoms with Gasteiger partial charge in [0.2, 0.25) is 0 Å². The van der Waals surface area contributed by atoms with Crippen LogP contribution in [-0.4, -0.2) is 59.6 Å². The number of amides is 2. The first-order chi connectivity index (χ1) is 14.2. The maximum Gasteiger partial charge on any atom is 0.319 e. The number of carbonyl (C=O) groups is 1. The van der Waals surface area contributed by atoms with Crippen LogP contribution < -0.4 is 10.6 Å². The van der Waals surface area contributed by atoms with Crippen LogP contribution in [0.5, 0.6) is 0 Å². The summed E-state index contributed by atoms with van der Waals surface area (Å²) in [5.41, 5.74) is 1.88. The Morgan fingerprint density at radius 3 is 2.69 bits per heavy atom. The van der Waals surface area contributed by atoms with E-state index in [-0.39, 0.29) is 6.03 Å². The van der Waals surface area contributed by atoms with Gasteiger partial charge < -0.3 is 15.4 Å². The topological polar surface area (TPSA) is 71.4 Å². The molecule has 158 valence electrons. The van der Waals surface area contributed by atoms with Gasteiger partial charge in [-0.2, -0.15) is 5.10 Å². The minimum Gasteiger partial charge on any atom is -0.379 e. The number of nitrogens with one attached hydrogen (secondary N) is 2. The molecule has 1 fully saturated rings. The summed E-state index contributed by atoms with van der Waals surface area (Å²) in [5, 5.41) is 10.3. The monoisotopic (exact) mass is 399 g/mol. The molecule has 1 aliphatic rings. The van der Waals surface area contributed by atoms with E-state index in [0.29, 0.717) is 25.0 Å². The quantitative estimate of drug-likeness (QED) is 0.679. The number of morpholine rings is 1. The van der Waals surface area contributed by atoms with Crippen LogP contribution in [0.25, 0.3) is 0 Å². The molecule has 1 saturated heterocycles. The molecule has 0 aliphatic carbocycles. The van der Waals surface area contributed by atoms with Crippen LogP contribution in [-0.2, 0) is 11.3 Å². The summed E-state index contributed by atoms with van der Waals surface area (Å²) < 4.78 is 7.37. The van der Waals surface area contributed by atoms with Crippen molar-refractivity contribution < 1.29 is 9.53 Å². The van der Waals surface area contributed by atoms with Crippen LogP contribution in [0.4, 0.5) is 10.5 Å². The van der Waals surface area contributed by atoms with Gasteiger partial charge in [0.05, 0.1) is 19.8 Å². The van der Waals surface area contributed by atoms with Crippen molar-refractivity contribution in [1.82, 2.24) is 20.0 Å². The van der Waals surface area contributed by atoms with Crippen molar-refractivity contribution in [1.29, 1.82) is 0 Å². The zero-order valence-corrected chi connectivity index (χ0v) is 17.5. The van der Waals surface area contributed by atoms with Crippen molar-refractivity contribution in [3.05, 3.63) is 48.3 Å². The van der Waals surface area contributed by atoms with Crippen LogP contribution in [0.1, 0.15) is 32.3 Å². The van der Waals surface area contributed by atoms with Gasteiger partial charge in [-0.1, -0.05) is 38.8 Å². The molecule has 2 aromatic rings. The SMILES string of the molecule is CCC(CC)C(CNC(=O)Nc1cccc(Cn2cccn2)c1)N1CCOCC1. The van der Waals surface area contributed by atoms with Gasteiger partial charge in [0, 0.05) is 43.8 Å². The molecule has 2 N–H and O–H groups in total. The van der Waals surface area contributed by atoms with Gasteiger partial charge in [-0.3, -0.25) is 9.58 Å². The van der Waals surface area contributed by atoms with E-state index in [1.807, 2.05) is 41.2 Å². The van der Waals surface area contributed by atoms with Gasteiger partial charge in [0.15, 0.2) is 0 Å². The molecule has 3 rings (SSSR count). The summed E-state index contributed by atoms with van der Waals surface area (Å²) in [4.78, 5) is 15.0. The molecule has 2 amide bonds. The van der Waals surface area contributed by atoms with E-state index in [1.165, 1.54) is 0 Å². The fourth-order valence-electron chi connectivity index (χ4n) is 4.04. The zero-order valence-electron chi connectivity index (χ0n) is 17.5. The maximum atomic E-state index is 12.5. The first kappa shape index (κ1) is 21.3. The average Bonchev–Trinajstić information content (AvgIpc) is 3.25. The Balaban J connectivity index is 1.55. The second-order valence-electron chi connectivity index (χ2n) is 7.53. The van der Waals surface area contributed by atoms with Crippen molar-refractivity contribution in [3.63, 3.8) is 0 Å². The summed E-state index contributed by atoms with van der Waals surface area (Å²) >= 11 is 0. The molecule has 0 radical (unpaired) electrons. The van der Waals surface area contributed by atoms with Gasteiger partial charge in [0.1, 0.15) is 0 Å². The molecular weight excluding hydrogens is 366 g/mol. The number of nitrogens with zero attached hydrogens (tertiary/aromatic N) is 3. The molecule has 0 spiro atoms. The smallest absolute Gasteiger partial charge is 0.319 e. The lowest BCUT2D eigenvalue weighted by Gasteiger charge is -2.38. The summed E-state index contributed by atoms with van der Waals surface area (Å²) in [6.45, 7) is 9.18. The first-order valence-corrected chi connectivity index (χ1v) is 10.6. The molecule has 1 aromatic heterocycles. The summed E-state index contributed by atoms with van der Waals surface area (Å²) in [6.07, 6.45) is 5.91. The molecule has 2 heterocycles. The molecule has 1 atom stereocenters. The molecule has 1 unspecified atom stereocenters. The molecule has 1 aromatic carbocycles. The maximum absolute atomic E-state index is 12.5. The third-order valence-corrected chi connectivity index (χ3v) is 5.67. The van der Waals surface area contributed by atoms with E-state index in [9.17, 15) is 4.79 Å². The highest BCUT2D eigenvalue weighted by Gasteiger charge is 2.27. The summed E-state index contributed by atoms with van der Waals surface area (Å²) in [5.74, 6) is 0.561. The van der Waals surface area contributed by atoms with Crippen molar-refractivity contribution in [2.45, 2.75) is 39.3 Å². The third kappa shape index (κ3) is 6.30. The number of ether oxygens (including phenoxy) is 1. The molecule has 29 heavy (non-hydrogen) atoms. The Morgan fingerprint density at radius 2 is 2.00 bits per heavy atom. The Morgan fingerprint density at radius 1 is 1.21 bits per heavy atom. The highest BCUT2D eigenvalue weighted by Crippen LogP contribution is 2.20. The van der Waals surface area contributed by atoms with Crippen molar-refractivity contribution in [3.8, 4) is 0 Å². The van der Waals surface area contributed by atoms with Gasteiger partial charge >= 0.3 is 6.03 Å². The van der Waals surface area contributed by atoms with E-state index in [2.05, 4.69) is 34.5 Å². The number of anilines is 1. The van der Waals surface area contributed by atoms with Gasteiger partial charge in [-0.05, 0) is 29.7 Å². The number of urea groups is 1. The predicted molar refractivity (Wildman–Crippen MR) is 115 cm³/mol. The van der Waals surface area contributed by atoms with Gasteiger partial charge in [-0.15, -0.1) is 0 Å². The van der Waals surface area contributed by atoms with Crippen molar-refractivity contribution in [2.24, 2.45) is 5.92 Å². The van der Waals surface area contributed by atoms with Gasteiger partial charge in [0.25, 0.3) is 0 Å². The number of hydrogen-bond donors (Lipinski definition) is 2. The predicted octanol–water partition coefficient (Wildman–Crippen LogP) is 3.19. The number of benzene rings is 1. The Labute approximate surface area is 173 Å². The fourth-order valence-corrected chi connectivity index (χ4v) is 4.04. The number of hydrogen-bond acceptors (Lipinski definition) is 4. The number of rotatable bonds is 9. The lowest BCUT2D eigenvalue weighted by Crippen LogP contribution is -2.52. The molecule has 0 bridgehead atoms. The highest BCUT2D eigenvalue weighted by molar-refractivity contribution is 5.89. The summed E-state index contributed by atoms with van der Waals surface area (Å²) in [7, 11) is 0. The van der Waals surface area contributed by atoms with E-state index in [4.69, 9.17) is 4.74 Å². The highest BCUT2D eigenvalue weighted by atomic mass is 16.5. The molecule has 0 saturated carbocycles. The van der Waals surface area contributed by atoms with E-state index < -0.39 is 0 Å². The Hall–Kier alpha value is -2.38. The number of carbonyl (C=O) groups excluding carboxylic acids is 1. The normalized spacial score (nSPS) is 16.0. The Bertz CT molecular complexity index is 739.